The van der Waals surface area contributed by atoms with Gasteiger partial charge in [-0.1, -0.05) is 12.6 Å². The van der Waals surface area contributed by atoms with Crippen LogP contribution in [0.4, 0.5) is 11.4 Å². The SMILES string of the molecule is C=C1CCC(NC(=O)c2c(N=N)cccc2NCCCCC(=O)O)C(=O)N1. The van der Waals surface area contributed by atoms with E-state index >= 15 is 0 Å². The van der Waals surface area contributed by atoms with E-state index in [1.54, 1.807) is 18.2 Å². The Hall–Kier alpha value is -3.23. The number of unbranched alkanes of at least 4 members (excludes halogenated alkanes) is 1. The van der Waals surface area contributed by atoms with Crippen LogP contribution in [0.3, 0.4) is 0 Å². The molecule has 1 aromatic rings. The Morgan fingerprint density at radius 2 is 2.15 bits per heavy atom. The predicted octanol–water partition coefficient (Wildman–Crippen LogP) is 2.54. The Kier molecular flexibility index (Phi) is 7.04. The molecule has 1 aliphatic rings. The van der Waals surface area contributed by atoms with Crippen LogP contribution in [0.1, 0.15) is 42.5 Å². The van der Waals surface area contributed by atoms with Crippen molar-refractivity contribution in [3.63, 3.8) is 0 Å². The molecule has 144 valence electrons. The zero-order chi connectivity index (χ0) is 19.8. The highest BCUT2D eigenvalue weighted by atomic mass is 16.4. The predicted molar refractivity (Wildman–Crippen MR) is 99.0 cm³/mol. The van der Waals surface area contributed by atoms with Gasteiger partial charge in [-0.15, -0.1) is 0 Å². The summed E-state index contributed by atoms with van der Waals surface area (Å²) in [7, 11) is 0. The van der Waals surface area contributed by atoms with Crippen molar-refractivity contribution in [2.24, 2.45) is 5.11 Å². The number of anilines is 1. The average molecular weight is 373 g/mol. The molecule has 27 heavy (non-hydrogen) atoms. The van der Waals surface area contributed by atoms with Crippen molar-refractivity contribution >= 4 is 29.2 Å². The zero-order valence-electron chi connectivity index (χ0n) is 14.9. The Labute approximate surface area is 156 Å². The second kappa shape index (κ2) is 9.46. The molecule has 9 nitrogen and oxygen atoms in total. The molecule has 0 bridgehead atoms. The van der Waals surface area contributed by atoms with Crippen molar-refractivity contribution in [1.29, 1.82) is 5.53 Å². The van der Waals surface area contributed by atoms with Gasteiger partial charge in [-0.05, 0) is 37.8 Å². The number of carbonyl (C=O) groups is 3. The summed E-state index contributed by atoms with van der Waals surface area (Å²) in [5, 5.41) is 20.4. The fraction of sp³-hybridized carbons (Fsp3) is 0.389. The highest BCUT2D eigenvalue weighted by Gasteiger charge is 2.27. The van der Waals surface area contributed by atoms with Gasteiger partial charge in [-0.3, -0.25) is 14.4 Å². The van der Waals surface area contributed by atoms with E-state index in [9.17, 15) is 14.4 Å². The van der Waals surface area contributed by atoms with E-state index in [0.29, 0.717) is 43.6 Å². The van der Waals surface area contributed by atoms with Crippen molar-refractivity contribution < 1.29 is 19.5 Å². The molecule has 1 saturated heterocycles. The largest absolute Gasteiger partial charge is 0.481 e. The van der Waals surface area contributed by atoms with Gasteiger partial charge in [-0.25, -0.2) is 5.53 Å². The summed E-state index contributed by atoms with van der Waals surface area (Å²) >= 11 is 0. The van der Waals surface area contributed by atoms with Crippen LogP contribution in [0, 0.1) is 5.53 Å². The molecule has 0 radical (unpaired) electrons. The lowest BCUT2D eigenvalue weighted by atomic mass is 10.0. The van der Waals surface area contributed by atoms with Gasteiger partial charge < -0.3 is 21.1 Å². The van der Waals surface area contributed by atoms with Gasteiger partial charge in [-0.2, -0.15) is 5.11 Å². The first kappa shape index (κ1) is 20.1. The number of carboxylic acids is 1. The van der Waals surface area contributed by atoms with E-state index in [2.05, 4.69) is 27.6 Å². The van der Waals surface area contributed by atoms with Gasteiger partial charge in [0.15, 0.2) is 0 Å². The molecule has 1 atom stereocenters. The highest BCUT2D eigenvalue weighted by Crippen LogP contribution is 2.27. The van der Waals surface area contributed by atoms with Crippen LogP contribution in [0.2, 0.25) is 0 Å². The fourth-order valence-corrected chi connectivity index (χ4v) is 2.79. The average Bonchev–Trinajstić information content (AvgIpc) is 2.63. The van der Waals surface area contributed by atoms with Crippen LogP contribution < -0.4 is 16.0 Å². The molecule has 5 N–H and O–H groups in total. The standard InChI is InChI=1S/C18H23N5O4/c1-11-8-9-14(17(26)21-11)22-18(27)16-12(5-4-6-13(16)23-19)20-10-3-2-7-15(24)25/h4-6,14,19-20H,1-3,7-10H2,(H,21,26)(H,22,27)(H,24,25). The van der Waals surface area contributed by atoms with Crippen molar-refractivity contribution in [1.82, 2.24) is 10.6 Å². The van der Waals surface area contributed by atoms with Crippen LogP contribution in [0.15, 0.2) is 35.6 Å². The first-order valence-electron chi connectivity index (χ1n) is 8.68. The number of nitrogens with one attached hydrogen (secondary N) is 4. The summed E-state index contributed by atoms with van der Waals surface area (Å²) in [5.41, 5.74) is 8.78. The molecule has 1 fully saturated rings. The molecule has 0 saturated carbocycles. The van der Waals surface area contributed by atoms with E-state index in [1.165, 1.54) is 0 Å². The third-order valence-electron chi connectivity index (χ3n) is 4.18. The van der Waals surface area contributed by atoms with Crippen molar-refractivity contribution in [3.8, 4) is 0 Å². The monoisotopic (exact) mass is 373 g/mol. The lowest BCUT2D eigenvalue weighted by Crippen LogP contribution is -2.49. The summed E-state index contributed by atoms with van der Waals surface area (Å²) in [4.78, 5) is 35.3. The van der Waals surface area contributed by atoms with Crippen molar-refractivity contribution in [3.05, 3.63) is 36.0 Å². The maximum absolute atomic E-state index is 12.7. The van der Waals surface area contributed by atoms with Gasteiger partial charge in [0, 0.05) is 24.4 Å². The minimum atomic E-state index is -0.849. The van der Waals surface area contributed by atoms with Crippen LogP contribution in [0.25, 0.3) is 0 Å². The number of piperidine rings is 1. The van der Waals surface area contributed by atoms with Gasteiger partial charge in [0.05, 0.1) is 11.3 Å². The number of rotatable bonds is 9. The summed E-state index contributed by atoms with van der Waals surface area (Å²) in [6, 6.07) is 4.22. The molecule has 1 unspecified atom stereocenters. The molecule has 2 rings (SSSR count). The van der Waals surface area contributed by atoms with E-state index < -0.39 is 17.9 Å². The smallest absolute Gasteiger partial charge is 0.303 e. The second-order valence-corrected chi connectivity index (χ2v) is 6.25. The van der Waals surface area contributed by atoms with Crippen molar-refractivity contribution in [2.45, 2.75) is 38.1 Å². The molecule has 1 heterocycles. The number of hydrogen-bond acceptors (Lipinski definition) is 6. The number of amides is 2. The zero-order valence-corrected chi connectivity index (χ0v) is 14.9. The van der Waals surface area contributed by atoms with E-state index in [4.69, 9.17) is 10.6 Å². The van der Waals surface area contributed by atoms with E-state index in [1.807, 2.05) is 0 Å². The van der Waals surface area contributed by atoms with Crippen molar-refractivity contribution in [2.75, 3.05) is 11.9 Å². The van der Waals surface area contributed by atoms with Gasteiger partial charge >= 0.3 is 5.97 Å². The third kappa shape index (κ3) is 5.63. The number of allylic oxidation sites excluding steroid dienone is 1. The Morgan fingerprint density at radius 1 is 1.37 bits per heavy atom. The summed E-state index contributed by atoms with van der Waals surface area (Å²) in [6.45, 7) is 4.18. The van der Waals surface area contributed by atoms with Crippen LogP contribution in [-0.4, -0.2) is 35.5 Å². The van der Waals surface area contributed by atoms with E-state index in [-0.39, 0.29) is 23.6 Å². The first-order valence-corrected chi connectivity index (χ1v) is 8.68. The number of carbonyl (C=O) groups excluding carboxylic acids is 2. The second-order valence-electron chi connectivity index (χ2n) is 6.25. The van der Waals surface area contributed by atoms with Gasteiger partial charge in [0.25, 0.3) is 5.91 Å². The molecule has 0 spiro atoms. The summed E-state index contributed by atoms with van der Waals surface area (Å²) in [5.74, 6) is -1.66. The normalized spacial score (nSPS) is 16.4. The Balaban J connectivity index is 2.08. The fourth-order valence-electron chi connectivity index (χ4n) is 2.79. The number of hydrogen-bond donors (Lipinski definition) is 5. The molecular weight excluding hydrogens is 350 g/mol. The maximum Gasteiger partial charge on any atom is 0.303 e. The Bertz CT molecular complexity index is 762. The van der Waals surface area contributed by atoms with Crippen LogP contribution >= 0.6 is 0 Å². The van der Waals surface area contributed by atoms with Crippen LogP contribution in [-0.2, 0) is 9.59 Å². The highest BCUT2D eigenvalue weighted by molar-refractivity contribution is 6.06. The lowest BCUT2D eigenvalue weighted by Gasteiger charge is -2.25. The van der Waals surface area contributed by atoms with Gasteiger partial charge in [0.2, 0.25) is 5.91 Å². The molecule has 9 heteroatoms. The minimum Gasteiger partial charge on any atom is -0.481 e. The third-order valence-corrected chi connectivity index (χ3v) is 4.18. The molecule has 0 aromatic heterocycles. The van der Waals surface area contributed by atoms with Crippen LogP contribution in [0.5, 0.6) is 0 Å². The molecule has 1 aliphatic heterocycles. The number of aliphatic carboxylic acids is 1. The molecule has 0 aliphatic carbocycles. The molecule has 2 amide bonds. The summed E-state index contributed by atoms with van der Waals surface area (Å²) in [6.07, 6.45) is 2.24. The summed E-state index contributed by atoms with van der Waals surface area (Å²) < 4.78 is 0. The topological polar surface area (TPSA) is 144 Å². The minimum absolute atomic E-state index is 0.0825. The number of benzene rings is 1. The first-order chi connectivity index (χ1) is 12.9. The lowest BCUT2D eigenvalue weighted by molar-refractivity contribution is -0.137. The maximum atomic E-state index is 12.7. The molecule has 1 aromatic carbocycles. The quantitative estimate of drug-likeness (QED) is 0.334. The molecular formula is C18H23N5O4. The van der Waals surface area contributed by atoms with Gasteiger partial charge in [0.1, 0.15) is 6.04 Å². The number of carboxylic acid groups (broad SMARTS) is 1. The van der Waals surface area contributed by atoms with E-state index in [0.717, 1.165) is 0 Å². The number of nitrogens with zero attached hydrogens (tertiary/aromatic N) is 1. The Morgan fingerprint density at radius 3 is 2.81 bits per heavy atom.